The van der Waals surface area contributed by atoms with Crippen molar-refractivity contribution in [3.8, 4) is 0 Å². The first-order chi connectivity index (χ1) is 15.7. The number of carboxylic acids is 1. The second kappa shape index (κ2) is 8.64. The monoisotopic (exact) mass is 493 g/mol. The zero-order valence-electron chi connectivity index (χ0n) is 16.9. The van der Waals surface area contributed by atoms with Crippen LogP contribution in [0.2, 0.25) is 5.02 Å². The van der Waals surface area contributed by atoms with Crippen LogP contribution in [0.5, 0.6) is 0 Å². The molecule has 4 rings (SSSR count). The van der Waals surface area contributed by atoms with E-state index in [9.17, 15) is 18.4 Å². The number of hydrogen-bond acceptors (Lipinski definition) is 6. The smallest absolute Gasteiger partial charge is 0.328 e. The SMILES string of the molecule is NC1=N[C@](CF)(c2cc(NC(=O)Nc3ccc(Cl)cn3)ccc2F)[C@@H]2C[C@]2(/C=C/C(=O)O)S1. The second-order valence-electron chi connectivity index (χ2n) is 7.63. The van der Waals surface area contributed by atoms with Crippen LogP contribution >= 0.6 is 23.4 Å². The predicted octanol–water partition coefficient (Wildman–Crippen LogP) is 4.14. The van der Waals surface area contributed by atoms with Gasteiger partial charge in [-0.05, 0) is 36.8 Å². The molecular formula is C21H18ClF2N5O3S. The van der Waals surface area contributed by atoms with Gasteiger partial charge in [0.25, 0.3) is 0 Å². The summed E-state index contributed by atoms with van der Waals surface area (Å²) >= 11 is 6.90. The maximum absolute atomic E-state index is 14.9. The third-order valence-electron chi connectivity index (χ3n) is 5.51. The Morgan fingerprint density at radius 3 is 2.79 bits per heavy atom. The number of aliphatic carboxylic acids is 1. The average molecular weight is 494 g/mol. The number of pyridine rings is 1. The van der Waals surface area contributed by atoms with Crippen LogP contribution in [0.25, 0.3) is 0 Å². The minimum atomic E-state index is -1.64. The van der Waals surface area contributed by atoms with Gasteiger partial charge < -0.3 is 16.2 Å². The van der Waals surface area contributed by atoms with Gasteiger partial charge >= 0.3 is 12.0 Å². The van der Waals surface area contributed by atoms with Crippen LogP contribution in [0.3, 0.4) is 0 Å². The van der Waals surface area contributed by atoms with E-state index in [0.29, 0.717) is 11.4 Å². The van der Waals surface area contributed by atoms with E-state index in [1.54, 1.807) is 6.07 Å². The molecule has 2 heterocycles. The highest BCUT2D eigenvalue weighted by Gasteiger charge is 2.67. The average Bonchev–Trinajstić information content (AvgIpc) is 3.50. The molecule has 1 aliphatic carbocycles. The summed E-state index contributed by atoms with van der Waals surface area (Å²) in [5.41, 5.74) is 4.42. The molecular weight excluding hydrogens is 476 g/mol. The Kier molecular flexibility index (Phi) is 6.02. The van der Waals surface area contributed by atoms with E-state index in [2.05, 4.69) is 20.6 Å². The van der Waals surface area contributed by atoms with Gasteiger partial charge in [-0.25, -0.2) is 28.3 Å². The summed E-state index contributed by atoms with van der Waals surface area (Å²) in [6.45, 7) is -1.05. The van der Waals surface area contributed by atoms with Crippen molar-refractivity contribution in [2.24, 2.45) is 16.6 Å². The van der Waals surface area contributed by atoms with Crippen LogP contribution < -0.4 is 16.4 Å². The van der Waals surface area contributed by atoms with E-state index in [-0.39, 0.29) is 22.2 Å². The molecule has 172 valence electrons. The van der Waals surface area contributed by atoms with Crippen LogP contribution in [-0.2, 0) is 10.3 Å². The molecule has 0 saturated heterocycles. The van der Waals surface area contributed by atoms with Crippen molar-refractivity contribution in [3.05, 3.63) is 65.1 Å². The van der Waals surface area contributed by atoms with E-state index in [4.69, 9.17) is 22.4 Å². The van der Waals surface area contributed by atoms with Gasteiger partial charge in [0.05, 0.1) is 5.02 Å². The standard InChI is InChI=1S/C21H18ClF2N5O3S/c22-11-1-4-16(26-9-11)28-19(32)27-12-2-3-14(24)13(7-12)21(10-23)15-8-20(15,6-5-17(30)31)33-18(25)29-21/h1-7,9,15H,8,10H2,(H2,25,29)(H,30,31)(H2,26,27,28,32)/b6-5+/t15-,20+,21-/m1/s1. The molecule has 3 atom stereocenters. The first-order valence-corrected chi connectivity index (χ1v) is 10.9. The molecule has 0 unspecified atom stereocenters. The number of amidine groups is 1. The van der Waals surface area contributed by atoms with Gasteiger partial charge in [0.15, 0.2) is 5.17 Å². The van der Waals surface area contributed by atoms with Crippen molar-refractivity contribution >= 4 is 52.0 Å². The van der Waals surface area contributed by atoms with E-state index in [0.717, 1.165) is 23.9 Å². The molecule has 0 bridgehead atoms. The zero-order chi connectivity index (χ0) is 23.8. The molecule has 0 radical (unpaired) electrons. The van der Waals surface area contributed by atoms with Crippen LogP contribution in [-0.4, -0.2) is 38.7 Å². The number of anilines is 2. The number of halogens is 3. The third kappa shape index (κ3) is 4.51. The predicted molar refractivity (Wildman–Crippen MR) is 123 cm³/mol. The van der Waals surface area contributed by atoms with Gasteiger partial charge in [-0.3, -0.25) is 5.32 Å². The Bertz CT molecular complexity index is 1180. The fraction of sp³-hybridized carbons (Fsp3) is 0.238. The van der Waals surface area contributed by atoms with Crippen molar-refractivity contribution in [1.82, 2.24) is 4.98 Å². The Morgan fingerprint density at radius 2 is 2.12 bits per heavy atom. The van der Waals surface area contributed by atoms with Crippen molar-refractivity contribution in [2.75, 3.05) is 17.3 Å². The van der Waals surface area contributed by atoms with Crippen molar-refractivity contribution < 1.29 is 23.5 Å². The number of carbonyl (C=O) groups is 2. The lowest BCUT2D eigenvalue weighted by molar-refractivity contribution is -0.131. The summed E-state index contributed by atoms with van der Waals surface area (Å²) in [5.74, 6) is -2.14. The molecule has 2 aromatic rings. The number of alkyl halides is 1. The van der Waals surface area contributed by atoms with E-state index >= 15 is 0 Å². The van der Waals surface area contributed by atoms with Crippen LogP contribution in [0, 0.1) is 11.7 Å². The Balaban J connectivity index is 1.62. The zero-order valence-corrected chi connectivity index (χ0v) is 18.5. The fourth-order valence-corrected chi connectivity index (χ4v) is 5.41. The fourth-order valence-electron chi connectivity index (χ4n) is 3.97. The summed E-state index contributed by atoms with van der Waals surface area (Å²) in [6, 6.07) is 6.15. The van der Waals surface area contributed by atoms with Crippen molar-refractivity contribution in [2.45, 2.75) is 16.7 Å². The highest BCUT2D eigenvalue weighted by Crippen LogP contribution is 2.66. The number of nitrogens with two attached hydrogens (primary N) is 1. The van der Waals surface area contributed by atoms with Gasteiger partial charge in [-0.1, -0.05) is 29.4 Å². The molecule has 2 amide bonds. The molecule has 0 spiro atoms. The number of urea groups is 1. The van der Waals surface area contributed by atoms with E-state index < -0.39 is 40.7 Å². The van der Waals surface area contributed by atoms with Crippen LogP contribution in [0.15, 0.2) is 53.7 Å². The molecule has 2 aliphatic rings. The molecule has 1 fully saturated rings. The topological polar surface area (TPSA) is 130 Å². The van der Waals surface area contributed by atoms with Crippen molar-refractivity contribution in [1.29, 1.82) is 0 Å². The molecule has 5 N–H and O–H groups in total. The number of amides is 2. The summed E-state index contributed by atoms with van der Waals surface area (Å²) in [7, 11) is 0. The molecule has 8 nitrogen and oxygen atoms in total. The lowest BCUT2D eigenvalue weighted by Gasteiger charge is -2.34. The normalized spacial score (nSPS) is 25.8. The Morgan fingerprint density at radius 1 is 1.33 bits per heavy atom. The summed E-state index contributed by atoms with van der Waals surface area (Å²) in [5, 5.41) is 14.5. The number of carbonyl (C=O) groups excluding carboxylic acids is 1. The highest BCUT2D eigenvalue weighted by atomic mass is 35.5. The number of aromatic nitrogens is 1. The van der Waals surface area contributed by atoms with E-state index in [1.807, 2.05) is 0 Å². The molecule has 1 aromatic heterocycles. The number of thioether (sulfide) groups is 1. The number of hydrogen-bond donors (Lipinski definition) is 4. The second-order valence-corrected chi connectivity index (χ2v) is 9.45. The number of aliphatic imine (C=N–C) groups is 1. The van der Waals surface area contributed by atoms with E-state index in [1.165, 1.54) is 30.5 Å². The first-order valence-electron chi connectivity index (χ1n) is 9.69. The molecule has 33 heavy (non-hydrogen) atoms. The highest BCUT2D eigenvalue weighted by molar-refractivity contribution is 8.15. The number of fused-ring (bicyclic) bond motifs is 1. The number of nitrogens with zero attached hydrogens (tertiary/aromatic N) is 2. The first kappa shape index (κ1) is 23.0. The van der Waals surface area contributed by atoms with Gasteiger partial charge in [0, 0.05) is 34.2 Å². The van der Waals surface area contributed by atoms with Gasteiger partial charge in [-0.2, -0.15) is 0 Å². The minimum Gasteiger partial charge on any atom is -0.478 e. The van der Waals surface area contributed by atoms with Crippen LogP contribution in [0.1, 0.15) is 12.0 Å². The summed E-state index contributed by atoms with van der Waals surface area (Å²) < 4.78 is 28.7. The quantitative estimate of drug-likeness (QED) is 0.447. The van der Waals surface area contributed by atoms with Crippen molar-refractivity contribution in [3.63, 3.8) is 0 Å². The lowest BCUT2D eigenvalue weighted by atomic mass is 9.84. The van der Waals surface area contributed by atoms with Gasteiger partial charge in [0.2, 0.25) is 0 Å². The Labute approximate surface area is 196 Å². The number of benzene rings is 1. The third-order valence-corrected chi connectivity index (χ3v) is 7.00. The molecule has 1 saturated carbocycles. The molecule has 12 heteroatoms. The summed E-state index contributed by atoms with van der Waals surface area (Å²) in [4.78, 5) is 31.5. The minimum absolute atomic E-state index is 0.0285. The van der Waals surface area contributed by atoms with Crippen LogP contribution in [0.4, 0.5) is 25.1 Å². The Hall–Kier alpha value is -3.18. The maximum atomic E-state index is 14.9. The lowest BCUT2D eigenvalue weighted by Crippen LogP contribution is -2.39. The molecule has 1 aliphatic heterocycles. The number of nitrogens with one attached hydrogen (secondary N) is 2. The maximum Gasteiger partial charge on any atom is 0.328 e. The van der Waals surface area contributed by atoms with Gasteiger partial charge in [-0.15, -0.1) is 0 Å². The number of carboxylic acid groups (broad SMARTS) is 1. The van der Waals surface area contributed by atoms with Gasteiger partial charge in [0.1, 0.15) is 23.8 Å². The number of rotatable bonds is 6. The largest absolute Gasteiger partial charge is 0.478 e. The summed E-state index contributed by atoms with van der Waals surface area (Å²) in [6.07, 6.45) is 4.15. The molecule has 1 aromatic carbocycles.